The van der Waals surface area contributed by atoms with Crippen molar-refractivity contribution in [3.63, 3.8) is 0 Å². The summed E-state index contributed by atoms with van der Waals surface area (Å²) in [5, 5.41) is 7.03. The SMILES string of the molecule is COCCCNC(=O)Cn1cc(-c2ccc(N)cc2)cn1. The van der Waals surface area contributed by atoms with Crippen LogP contribution in [0.5, 0.6) is 0 Å². The Labute approximate surface area is 123 Å². The number of nitrogens with one attached hydrogen (secondary N) is 1. The monoisotopic (exact) mass is 288 g/mol. The average Bonchev–Trinajstić information content (AvgIpc) is 2.93. The fourth-order valence-corrected chi connectivity index (χ4v) is 1.92. The lowest BCUT2D eigenvalue weighted by Crippen LogP contribution is -2.29. The quantitative estimate of drug-likeness (QED) is 0.594. The van der Waals surface area contributed by atoms with Crippen molar-refractivity contribution in [3.8, 4) is 11.1 Å². The number of hydrogen-bond acceptors (Lipinski definition) is 4. The smallest absolute Gasteiger partial charge is 0.241 e. The highest BCUT2D eigenvalue weighted by Gasteiger charge is 2.05. The Hall–Kier alpha value is -2.34. The Kier molecular flexibility index (Phi) is 5.34. The minimum atomic E-state index is -0.0574. The van der Waals surface area contributed by atoms with E-state index in [1.165, 1.54) is 0 Å². The van der Waals surface area contributed by atoms with Crippen molar-refractivity contribution >= 4 is 11.6 Å². The minimum Gasteiger partial charge on any atom is -0.399 e. The number of methoxy groups -OCH3 is 1. The van der Waals surface area contributed by atoms with Crippen molar-refractivity contribution in [3.05, 3.63) is 36.7 Å². The number of nitrogens with two attached hydrogens (primary N) is 1. The average molecular weight is 288 g/mol. The van der Waals surface area contributed by atoms with Gasteiger partial charge in [0.05, 0.1) is 6.20 Å². The summed E-state index contributed by atoms with van der Waals surface area (Å²) in [4.78, 5) is 11.7. The van der Waals surface area contributed by atoms with Gasteiger partial charge in [0.2, 0.25) is 5.91 Å². The second-order valence-corrected chi connectivity index (χ2v) is 4.74. The van der Waals surface area contributed by atoms with Gasteiger partial charge < -0.3 is 15.8 Å². The lowest BCUT2D eigenvalue weighted by atomic mass is 10.1. The van der Waals surface area contributed by atoms with Gasteiger partial charge in [0.15, 0.2) is 0 Å². The number of amides is 1. The molecule has 6 heteroatoms. The van der Waals surface area contributed by atoms with Gasteiger partial charge in [0.25, 0.3) is 0 Å². The van der Waals surface area contributed by atoms with Crippen molar-refractivity contribution in [2.24, 2.45) is 0 Å². The Bertz CT molecular complexity index is 578. The van der Waals surface area contributed by atoms with Crippen LogP contribution in [0.15, 0.2) is 36.7 Å². The highest BCUT2D eigenvalue weighted by molar-refractivity contribution is 5.75. The van der Waals surface area contributed by atoms with Crippen LogP contribution in [0.1, 0.15) is 6.42 Å². The third kappa shape index (κ3) is 4.61. The molecule has 0 unspecified atom stereocenters. The molecule has 0 radical (unpaired) electrons. The predicted molar refractivity (Wildman–Crippen MR) is 81.6 cm³/mol. The molecule has 3 N–H and O–H groups in total. The van der Waals surface area contributed by atoms with Crippen LogP contribution in [-0.4, -0.2) is 35.9 Å². The first-order chi connectivity index (χ1) is 10.2. The highest BCUT2D eigenvalue weighted by Crippen LogP contribution is 2.19. The second-order valence-electron chi connectivity index (χ2n) is 4.74. The fourth-order valence-electron chi connectivity index (χ4n) is 1.92. The van der Waals surface area contributed by atoms with Gasteiger partial charge in [-0.3, -0.25) is 9.48 Å². The first kappa shape index (κ1) is 15.1. The van der Waals surface area contributed by atoms with E-state index in [9.17, 15) is 4.79 Å². The van der Waals surface area contributed by atoms with Crippen LogP contribution < -0.4 is 11.1 Å². The van der Waals surface area contributed by atoms with E-state index in [-0.39, 0.29) is 12.5 Å². The first-order valence-corrected chi connectivity index (χ1v) is 6.83. The number of ether oxygens (including phenoxy) is 1. The Morgan fingerprint density at radius 2 is 2.10 bits per heavy atom. The van der Waals surface area contributed by atoms with Crippen molar-refractivity contribution in [1.29, 1.82) is 0 Å². The molecule has 2 rings (SSSR count). The predicted octanol–water partition coefficient (Wildman–Crippen LogP) is 1.28. The van der Waals surface area contributed by atoms with Crippen LogP contribution in [0.25, 0.3) is 11.1 Å². The van der Waals surface area contributed by atoms with Gasteiger partial charge in [0.1, 0.15) is 6.54 Å². The number of anilines is 1. The molecule has 0 atom stereocenters. The van der Waals surface area contributed by atoms with Crippen LogP contribution in [0, 0.1) is 0 Å². The summed E-state index contributed by atoms with van der Waals surface area (Å²) in [6.07, 6.45) is 4.39. The van der Waals surface area contributed by atoms with Crippen LogP contribution in [0.3, 0.4) is 0 Å². The van der Waals surface area contributed by atoms with E-state index in [2.05, 4.69) is 10.4 Å². The molecule has 1 aromatic carbocycles. The molecule has 0 aliphatic carbocycles. The molecule has 1 heterocycles. The Morgan fingerprint density at radius 3 is 2.81 bits per heavy atom. The lowest BCUT2D eigenvalue weighted by Gasteiger charge is -2.04. The zero-order chi connectivity index (χ0) is 15.1. The summed E-state index contributed by atoms with van der Waals surface area (Å²) < 4.78 is 6.55. The molecule has 21 heavy (non-hydrogen) atoms. The van der Waals surface area contributed by atoms with Gasteiger partial charge in [-0.15, -0.1) is 0 Å². The van der Waals surface area contributed by atoms with Gasteiger partial charge in [-0.1, -0.05) is 12.1 Å². The topological polar surface area (TPSA) is 82.2 Å². The number of carbonyl (C=O) groups is 1. The zero-order valence-corrected chi connectivity index (χ0v) is 12.1. The number of nitrogen functional groups attached to an aromatic ring is 1. The molecule has 0 saturated carbocycles. The third-order valence-electron chi connectivity index (χ3n) is 3.03. The van der Waals surface area contributed by atoms with Crippen molar-refractivity contribution in [2.45, 2.75) is 13.0 Å². The van der Waals surface area contributed by atoms with Crippen LogP contribution >= 0.6 is 0 Å². The maximum absolute atomic E-state index is 11.7. The van der Waals surface area contributed by atoms with Crippen molar-refractivity contribution in [1.82, 2.24) is 15.1 Å². The summed E-state index contributed by atoms with van der Waals surface area (Å²) in [6.45, 7) is 1.46. The van der Waals surface area contributed by atoms with E-state index in [0.29, 0.717) is 13.2 Å². The van der Waals surface area contributed by atoms with Gasteiger partial charge in [-0.25, -0.2) is 0 Å². The van der Waals surface area contributed by atoms with E-state index >= 15 is 0 Å². The molecular formula is C15H20N4O2. The molecule has 0 fully saturated rings. The molecule has 112 valence electrons. The van der Waals surface area contributed by atoms with Crippen molar-refractivity contribution in [2.75, 3.05) is 26.0 Å². The standard InChI is InChI=1S/C15H20N4O2/c1-21-8-2-7-17-15(20)11-19-10-13(9-18-19)12-3-5-14(16)6-4-12/h3-6,9-10H,2,7-8,11,16H2,1H3,(H,17,20). The summed E-state index contributed by atoms with van der Waals surface area (Å²) in [6, 6.07) is 7.55. The maximum Gasteiger partial charge on any atom is 0.241 e. The Balaban J connectivity index is 1.88. The first-order valence-electron chi connectivity index (χ1n) is 6.83. The highest BCUT2D eigenvalue weighted by atomic mass is 16.5. The second kappa shape index (κ2) is 7.44. The molecule has 2 aromatic rings. The third-order valence-corrected chi connectivity index (χ3v) is 3.03. The van der Waals surface area contributed by atoms with Gasteiger partial charge >= 0.3 is 0 Å². The van der Waals surface area contributed by atoms with Crippen LogP contribution in [0.2, 0.25) is 0 Å². The van der Waals surface area contributed by atoms with Crippen LogP contribution in [-0.2, 0) is 16.1 Å². The number of nitrogens with zero attached hydrogens (tertiary/aromatic N) is 2. The maximum atomic E-state index is 11.7. The summed E-state index contributed by atoms with van der Waals surface area (Å²) in [5.41, 5.74) is 8.37. The van der Waals surface area contributed by atoms with Crippen molar-refractivity contribution < 1.29 is 9.53 Å². The van der Waals surface area contributed by atoms with Crippen LogP contribution in [0.4, 0.5) is 5.69 Å². The summed E-state index contributed by atoms with van der Waals surface area (Å²) in [7, 11) is 1.64. The zero-order valence-electron chi connectivity index (χ0n) is 12.1. The van der Waals surface area contributed by atoms with E-state index in [0.717, 1.165) is 23.2 Å². The molecule has 1 amide bonds. The van der Waals surface area contributed by atoms with E-state index in [1.807, 2.05) is 30.5 Å². The number of carbonyl (C=O) groups excluding carboxylic acids is 1. The number of benzene rings is 1. The normalized spacial score (nSPS) is 10.5. The molecule has 1 aromatic heterocycles. The van der Waals surface area contributed by atoms with Gasteiger partial charge in [-0.05, 0) is 24.1 Å². The Morgan fingerprint density at radius 1 is 1.33 bits per heavy atom. The summed E-state index contributed by atoms with van der Waals surface area (Å²) >= 11 is 0. The van der Waals surface area contributed by atoms with Gasteiger partial charge in [0, 0.05) is 37.7 Å². The molecule has 0 spiro atoms. The van der Waals surface area contributed by atoms with E-state index < -0.39 is 0 Å². The van der Waals surface area contributed by atoms with E-state index in [4.69, 9.17) is 10.5 Å². The molecule has 0 aliphatic heterocycles. The molecule has 0 saturated heterocycles. The van der Waals surface area contributed by atoms with E-state index in [1.54, 1.807) is 18.0 Å². The molecule has 0 bridgehead atoms. The fraction of sp³-hybridized carbons (Fsp3) is 0.333. The van der Waals surface area contributed by atoms with Gasteiger partial charge in [-0.2, -0.15) is 5.10 Å². The number of rotatable bonds is 7. The lowest BCUT2D eigenvalue weighted by molar-refractivity contribution is -0.121. The molecular weight excluding hydrogens is 268 g/mol. The minimum absolute atomic E-state index is 0.0574. The summed E-state index contributed by atoms with van der Waals surface area (Å²) in [5.74, 6) is -0.0574. The number of hydrogen-bond donors (Lipinski definition) is 2. The molecule has 0 aliphatic rings. The molecule has 6 nitrogen and oxygen atoms in total. The number of aromatic nitrogens is 2. The largest absolute Gasteiger partial charge is 0.399 e.